The number of ether oxygens (including phenoxy) is 1. The van der Waals surface area contributed by atoms with Crippen LogP contribution in [0.15, 0.2) is 47.1 Å². The van der Waals surface area contributed by atoms with Crippen molar-refractivity contribution in [2.45, 2.75) is 25.2 Å². The Bertz CT molecular complexity index is 820. The van der Waals surface area contributed by atoms with Gasteiger partial charge in [-0.2, -0.15) is 13.2 Å². The van der Waals surface area contributed by atoms with E-state index in [1.807, 2.05) is 0 Å². The molecule has 0 aliphatic carbocycles. The largest absolute Gasteiger partial charge is 0.484 e. The smallest absolute Gasteiger partial charge is 0.422 e. The van der Waals surface area contributed by atoms with Crippen molar-refractivity contribution in [3.63, 3.8) is 0 Å². The Morgan fingerprint density at radius 2 is 2.00 bits per heavy atom. The molecule has 1 saturated heterocycles. The van der Waals surface area contributed by atoms with Gasteiger partial charge in [0.25, 0.3) is 5.91 Å². The van der Waals surface area contributed by atoms with Gasteiger partial charge in [-0.3, -0.25) is 9.69 Å². The Labute approximate surface area is 146 Å². The van der Waals surface area contributed by atoms with Crippen LogP contribution < -0.4 is 10.1 Å². The second-order valence-electron chi connectivity index (χ2n) is 5.98. The van der Waals surface area contributed by atoms with Gasteiger partial charge in [-0.25, -0.2) is 4.79 Å². The molecule has 1 aromatic heterocycles. The molecule has 1 N–H and O–H groups in total. The Morgan fingerprint density at radius 1 is 1.23 bits per heavy atom. The van der Waals surface area contributed by atoms with E-state index in [1.54, 1.807) is 18.2 Å². The normalized spacial score (nSPS) is 20.4. The molecular weight excluding hydrogens is 353 g/mol. The van der Waals surface area contributed by atoms with Gasteiger partial charge in [0.05, 0.1) is 12.8 Å². The average Bonchev–Trinajstić information content (AvgIpc) is 3.18. The fourth-order valence-electron chi connectivity index (χ4n) is 2.65. The Hall–Kier alpha value is -2.97. The lowest BCUT2D eigenvalue weighted by molar-refractivity contribution is -0.153. The molecule has 2 aromatic rings. The third kappa shape index (κ3) is 3.51. The standard InChI is InChI=1S/C17H15F3N2O4/c1-16(13-6-3-7-25-13)14(23)22(15(24)21-16)9-11-4-2-5-12(8-11)26-10-17(18,19)20/h2-8H,9-10H2,1H3,(H,21,24). The maximum Gasteiger partial charge on any atom is 0.422 e. The van der Waals surface area contributed by atoms with Crippen molar-refractivity contribution in [1.82, 2.24) is 10.2 Å². The second kappa shape index (κ2) is 6.40. The molecule has 2 heterocycles. The minimum absolute atomic E-state index is 0.000625. The predicted octanol–water partition coefficient (Wildman–Crippen LogP) is 3.19. The van der Waals surface area contributed by atoms with E-state index in [4.69, 9.17) is 4.42 Å². The summed E-state index contributed by atoms with van der Waals surface area (Å²) >= 11 is 0. The van der Waals surface area contributed by atoms with Crippen LogP contribution in [0.25, 0.3) is 0 Å². The number of carbonyl (C=O) groups is 2. The maximum atomic E-state index is 12.7. The van der Waals surface area contributed by atoms with Crippen LogP contribution in [-0.4, -0.2) is 29.6 Å². The number of imide groups is 1. The van der Waals surface area contributed by atoms with Crippen molar-refractivity contribution in [1.29, 1.82) is 0 Å². The van der Waals surface area contributed by atoms with Crippen LogP contribution in [0.3, 0.4) is 0 Å². The van der Waals surface area contributed by atoms with Crippen LogP contribution >= 0.6 is 0 Å². The summed E-state index contributed by atoms with van der Waals surface area (Å²) < 4.78 is 46.7. The number of rotatable bonds is 5. The molecule has 1 unspecified atom stereocenters. The number of nitrogens with one attached hydrogen (secondary N) is 1. The lowest BCUT2D eigenvalue weighted by Crippen LogP contribution is -2.40. The topological polar surface area (TPSA) is 71.8 Å². The summed E-state index contributed by atoms with van der Waals surface area (Å²) in [4.78, 5) is 25.9. The number of hydrogen-bond donors (Lipinski definition) is 1. The molecule has 26 heavy (non-hydrogen) atoms. The molecule has 1 aromatic carbocycles. The third-order valence-corrected chi connectivity index (χ3v) is 3.93. The first-order valence-corrected chi connectivity index (χ1v) is 7.66. The molecule has 1 fully saturated rings. The molecule has 1 aliphatic rings. The van der Waals surface area contributed by atoms with E-state index in [1.165, 1.54) is 31.4 Å². The highest BCUT2D eigenvalue weighted by molar-refractivity contribution is 6.06. The molecule has 3 amide bonds. The van der Waals surface area contributed by atoms with E-state index in [-0.39, 0.29) is 12.3 Å². The van der Waals surface area contributed by atoms with E-state index >= 15 is 0 Å². The van der Waals surface area contributed by atoms with Gasteiger partial charge < -0.3 is 14.5 Å². The number of benzene rings is 1. The minimum Gasteiger partial charge on any atom is -0.484 e. The van der Waals surface area contributed by atoms with Crippen LogP contribution in [0.4, 0.5) is 18.0 Å². The fourth-order valence-corrected chi connectivity index (χ4v) is 2.65. The van der Waals surface area contributed by atoms with Crippen LogP contribution in [0.2, 0.25) is 0 Å². The number of nitrogens with zero attached hydrogens (tertiary/aromatic N) is 1. The first-order valence-electron chi connectivity index (χ1n) is 7.66. The van der Waals surface area contributed by atoms with Gasteiger partial charge in [-0.05, 0) is 36.8 Å². The Morgan fingerprint density at radius 3 is 2.65 bits per heavy atom. The van der Waals surface area contributed by atoms with E-state index in [9.17, 15) is 22.8 Å². The van der Waals surface area contributed by atoms with Crippen LogP contribution in [0.5, 0.6) is 5.75 Å². The molecule has 0 spiro atoms. The Balaban J connectivity index is 1.75. The SMILES string of the molecule is CC1(c2ccco2)NC(=O)N(Cc2cccc(OCC(F)(F)F)c2)C1=O. The number of halogens is 3. The van der Waals surface area contributed by atoms with Gasteiger partial charge in [-0.15, -0.1) is 0 Å². The number of hydrogen-bond acceptors (Lipinski definition) is 4. The van der Waals surface area contributed by atoms with Crippen molar-refractivity contribution in [2.24, 2.45) is 0 Å². The second-order valence-corrected chi connectivity index (χ2v) is 5.98. The summed E-state index contributed by atoms with van der Waals surface area (Å²) in [6.07, 6.45) is -3.06. The number of amides is 3. The number of carbonyl (C=O) groups excluding carboxylic acids is 2. The van der Waals surface area contributed by atoms with Gasteiger partial charge in [0.1, 0.15) is 11.5 Å². The zero-order valence-corrected chi connectivity index (χ0v) is 13.7. The van der Waals surface area contributed by atoms with Crippen molar-refractivity contribution >= 4 is 11.9 Å². The molecule has 3 rings (SSSR count). The summed E-state index contributed by atoms with van der Waals surface area (Å²) in [7, 11) is 0. The highest BCUT2D eigenvalue weighted by Gasteiger charge is 2.50. The van der Waals surface area contributed by atoms with Crippen LogP contribution in [-0.2, 0) is 16.9 Å². The molecule has 0 saturated carbocycles. The van der Waals surface area contributed by atoms with E-state index < -0.39 is 30.3 Å². The number of alkyl halides is 3. The van der Waals surface area contributed by atoms with Crippen LogP contribution in [0.1, 0.15) is 18.2 Å². The van der Waals surface area contributed by atoms with Crippen molar-refractivity contribution in [3.8, 4) is 5.75 Å². The van der Waals surface area contributed by atoms with Gasteiger partial charge >= 0.3 is 12.2 Å². The first-order chi connectivity index (χ1) is 12.2. The zero-order chi connectivity index (χ0) is 18.9. The van der Waals surface area contributed by atoms with E-state index in [0.717, 1.165) is 4.90 Å². The minimum atomic E-state index is -4.45. The molecule has 1 aliphatic heterocycles. The van der Waals surface area contributed by atoms with Crippen molar-refractivity contribution in [3.05, 3.63) is 54.0 Å². The van der Waals surface area contributed by atoms with Crippen molar-refractivity contribution in [2.75, 3.05) is 6.61 Å². The Kier molecular flexibility index (Phi) is 4.39. The van der Waals surface area contributed by atoms with E-state index in [2.05, 4.69) is 10.1 Å². The quantitative estimate of drug-likeness (QED) is 0.823. The van der Waals surface area contributed by atoms with E-state index in [0.29, 0.717) is 11.3 Å². The molecule has 1 atom stereocenters. The average molecular weight is 368 g/mol. The fraction of sp³-hybridized carbons (Fsp3) is 0.294. The monoisotopic (exact) mass is 368 g/mol. The number of urea groups is 1. The lowest BCUT2D eigenvalue weighted by Gasteiger charge is -2.19. The highest BCUT2D eigenvalue weighted by atomic mass is 19.4. The molecule has 9 heteroatoms. The number of furan rings is 1. The summed E-state index contributed by atoms with van der Waals surface area (Å²) in [5.41, 5.74) is -0.873. The lowest BCUT2D eigenvalue weighted by atomic mass is 9.99. The first kappa shape index (κ1) is 17.8. The molecule has 6 nitrogen and oxygen atoms in total. The zero-order valence-electron chi connectivity index (χ0n) is 13.7. The molecule has 138 valence electrons. The van der Waals surface area contributed by atoms with Gasteiger partial charge in [0.2, 0.25) is 0 Å². The summed E-state index contributed by atoms with van der Waals surface area (Å²) in [5.74, 6) is -0.222. The van der Waals surface area contributed by atoms with Crippen LogP contribution in [0, 0.1) is 0 Å². The summed E-state index contributed by atoms with van der Waals surface area (Å²) in [6.45, 7) is -0.00470. The molecular formula is C17H15F3N2O4. The van der Waals surface area contributed by atoms with Gasteiger partial charge in [0.15, 0.2) is 12.1 Å². The van der Waals surface area contributed by atoms with Gasteiger partial charge in [0, 0.05) is 0 Å². The third-order valence-electron chi connectivity index (χ3n) is 3.93. The maximum absolute atomic E-state index is 12.7. The van der Waals surface area contributed by atoms with Gasteiger partial charge in [-0.1, -0.05) is 12.1 Å². The molecule has 0 bridgehead atoms. The van der Waals surface area contributed by atoms with Crippen molar-refractivity contribution < 1.29 is 31.9 Å². The predicted molar refractivity (Wildman–Crippen MR) is 83.1 cm³/mol. The summed E-state index contributed by atoms with van der Waals surface area (Å²) in [6, 6.07) is 8.37. The molecule has 0 radical (unpaired) electrons. The summed E-state index contributed by atoms with van der Waals surface area (Å²) in [5, 5.41) is 2.58. The highest BCUT2D eigenvalue weighted by Crippen LogP contribution is 2.30.